The highest BCUT2D eigenvalue weighted by Crippen LogP contribution is 2.56. The number of carbonyl (C=O) groups is 1. The summed E-state index contributed by atoms with van der Waals surface area (Å²) in [5, 5.41) is 0. The Kier molecular flexibility index (Phi) is 1.47. The third-order valence-corrected chi connectivity index (χ3v) is 3.26. The van der Waals surface area contributed by atoms with Crippen LogP contribution in [0.25, 0.3) is 0 Å². The van der Waals surface area contributed by atoms with Crippen LogP contribution >= 0.6 is 0 Å². The van der Waals surface area contributed by atoms with Gasteiger partial charge in [-0.1, -0.05) is 0 Å². The first-order chi connectivity index (χ1) is 5.61. The van der Waals surface area contributed by atoms with E-state index < -0.39 is 5.54 Å². The molecule has 1 aliphatic heterocycles. The smallest absolute Gasteiger partial charge is 0.238 e. The summed E-state index contributed by atoms with van der Waals surface area (Å²) in [6, 6.07) is 0. The molecule has 2 rings (SSSR count). The van der Waals surface area contributed by atoms with Crippen molar-refractivity contribution in [2.75, 3.05) is 13.2 Å². The Morgan fingerprint density at radius 2 is 2.00 bits per heavy atom. The minimum absolute atomic E-state index is 0.114. The highest BCUT2D eigenvalue weighted by atomic mass is 16.5. The molecule has 0 aromatic rings. The van der Waals surface area contributed by atoms with Crippen molar-refractivity contribution >= 4 is 5.91 Å². The van der Waals surface area contributed by atoms with Crippen molar-refractivity contribution < 1.29 is 9.53 Å². The summed E-state index contributed by atoms with van der Waals surface area (Å²) in [6.07, 6.45) is 2.53. The van der Waals surface area contributed by atoms with Crippen LogP contribution in [0.15, 0.2) is 0 Å². The monoisotopic (exact) mass is 170 g/mol. The van der Waals surface area contributed by atoms with Gasteiger partial charge in [0, 0.05) is 12.0 Å². The van der Waals surface area contributed by atoms with Crippen LogP contribution in [-0.4, -0.2) is 24.7 Å². The zero-order valence-electron chi connectivity index (χ0n) is 7.01. The van der Waals surface area contributed by atoms with E-state index in [9.17, 15) is 4.79 Å². The number of hydrogen-bond donors (Lipinski definition) is 2. The minimum atomic E-state index is -0.800. The van der Waals surface area contributed by atoms with E-state index in [1.54, 1.807) is 0 Å². The number of carbonyl (C=O) groups excluding carboxylic acids is 1. The molecule has 2 aliphatic rings. The third-order valence-electron chi connectivity index (χ3n) is 3.26. The van der Waals surface area contributed by atoms with E-state index in [4.69, 9.17) is 16.2 Å². The molecule has 4 heteroatoms. The van der Waals surface area contributed by atoms with Crippen LogP contribution in [-0.2, 0) is 9.53 Å². The minimum Gasteiger partial charge on any atom is -0.381 e. The number of nitrogens with two attached hydrogens (primary N) is 2. The Morgan fingerprint density at radius 1 is 1.33 bits per heavy atom. The lowest BCUT2D eigenvalue weighted by molar-refractivity contribution is -0.131. The molecule has 0 bridgehead atoms. The first-order valence-electron chi connectivity index (χ1n) is 4.27. The summed E-state index contributed by atoms with van der Waals surface area (Å²) in [5.41, 5.74) is 10.4. The average Bonchev–Trinajstić information content (AvgIpc) is 2.77. The van der Waals surface area contributed by atoms with Gasteiger partial charge in [-0.2, -0.15) is 0 Å². The molecule has 1 saturated heterocycles. The van der Waals surface area contributed by atoms with Crippen LogP contribution < -0.4 is 11.5 Å². The van der Waals surface area contributed by atoms with Crippen LogP contribution in [0.2, 0.25) is 0 Å². The summed E-state index contributed by atoms with van der Waals surface area (Å²) in [6.45, 7) is 1.16. The standard InChI is InChI=1S/C8H14N2O2/c9-6(11)8(10)3-4-12-5-7(8)1-2-7/h1-5,10H2,(H2,9,11). The number of hydrogen-bond acceptors (Lipinski definition) is 3. The molecular weight excluding hydrogens is 156 g/mol. The molecule has 1 saturated carbocycles. The van der Waals surface area contributed by atoms with Gasteiger partial charge in [-0.15, -0.1) is 0 Å². The summed E-state index contributed by atoms with van der Waals surface area (Å²) in [7, 11) is 0. The van der Waals surface area contributed by atoms with Gasteiger partial charge in [-0.3, -0.25) is 4.79 Å². The van der Waals surface area contributed by atoms with Crippen molar-refractivity contribution in [2.45, 2.75) is 24.8 Å². The molecule has 4 N–H and O–H groups in total. The maximum Gasteiger partial charge on any atom is 0.238 e. The van der Waals surface area contributed by atoms with Crippen molar-refractivity contribution in [2.24, 2.45) is 16.9 Å². The van der Waals surface area contributed by atoms with Gasteiger partial charge in [0.25, 0.3) is 0 Å². The van der Waals surface area contributed by atoms with Crippen molar-refractivity contribution in [1.29, 1.82) is 0 Å². The molecule has 12 heavy (non-hydrogen) atoms. The van der Waals surface area contributed by atoms with Gasteiger partial charge in [0.2, 0.25) is 5.91 Å². The predicted octanol–water partition coefficient (Wildman–Crippen LogP) is -0.630. The number of ether oxygens (including phenoxy) is 1. The van der Waals surface area contributed by atoms with Gasteiger partial charge < -0.3 is 16.2 Å². The number of rotatable bonds is 1. The molecule has 1 aliphatic carbocycles. The fraction of sp³-hybridized carbons (Fsp3) is 0.875. The Balaban J connectivity index is 2.26. The van der Waals surface area contributed by atoms with Crippen molar-refractivity contribution in [3.05, 3.63) is 0 Å². The maximum absolute atomic E-state index is 11.2. The first kappa shape index (κ1) is 8.01. The average molecular weight is 170 g/mol. The third kappa shape index (κ3) is 0.820. The fourth-order valence-electron chi connectivity index (χ4n) is 2.02. The molecule has 1 amide bonds. The van der Waals surface area contributed by atoms with Crippen molar-refractivity contribution in [1.82, 2.24) is 0 Å². The highest BCUT2D eigenvalue weighted by molar-refractivity contribution is 5.86. The predicted molar refractivity (Wildman–Crippen MR) is 43.2 cm³/mol. The second-order valence-electron chi connectivity index (χ2n) is 3.92. The quantitative estimate of drug-likeness (QED) is 0.550. The van der Waals surface area contributed by atoms with E-state index in [0.29, 0.717) is 19.6 Å². The lowest BCUT2D eigenvalue weighted by Crippen LogP contribution is -2.62. The van der Waals surface area contributed by atoms with Crippen molar-refractivity contribution in [3.63, 3.8) is 0 Å². The van der Waals surface area contributed by atoms with E-state index in [-0.39, 0.29) is 11.3 Å². The molecule has 0 aromatic carbocycles. The zero-order chi connectivity index (χ0) is 8.82. The lowest BCUT2D eigenvalue weighted by atomic mass is 9.77. The van der Waals surface area contributed by atoms with Gasteiger partial charge in [-0.05, 0) is 19.3 Å². The van der Waals surface area contributed by atoms with Gasteiger partial charge in [0.1, 0.15) is 5.54 Å². The first-order valence-corrected chi connectivity index (χ1v) is 4.27. The highest BCUT2D eigenvalue weighted by Gasteiger charge is 2.62. The molecular formula is C8H14N2O2. The Hall–Kier alpha value is -0.610. The summed E-state index contributed by atoms with van der Waals surface area (Å²) >= 11 is 0. The van der Waals surface area contributed by atoms with Gasteiger partial charge in [0.05, 0.1) is 6.61 Å². The van der Waals surface area contributed by atoms with Gasteiger partial charge in [0.15, 0.2) is 0 Å². The van der Waals surface area contributed by atoms with Crippen LogP contribution in [0.4, 0.5) is 0 Å². The number of primary amides is 1. The largest absolute Gasteiger partial charge is 0.381 e. The van der Waals surface area contributed by atoms with Gasteiger partial charge >= 0.3 is 0 Å². The number of amides is 1. The van der Waals surface area contributed by atoms with E-state index in [0.717, 1.165) is 12.8 Å². The Labute approximate surface area is 71.2 Å². The lowest BCUT2D eigenvalue weighted by Gasteiger charge is -2.38. The molecule has 1 atom stereocenters. The van der Waals surface area contributed by atoms with E-state index in [2.05, 4.69) is 0 Å². The van der Waals surface area contributed by atoms with E-state index in [1.165, 1.54) is 0 Å². The molecule has 4 nitrogen and oxygen atoms in total. The molecule has 0 aromatic heterocycles. The molecule has 1 unspecified atom stereocenters. The fourth-order valence-corrected chi connectivity index (χ4v) is 2.02. The SMILES string of the molecule is NC(=O)C1(N)CCOCC12CC2. The summed E-state index contributed by atoms with van der Waals surface area (Å²) < 4.78 is 5.31. The normalized spacial score (nSPS) is 38.1. The van der Waals surface area contributed by atoms with Crippen LogP contribution in [0, 0.1) is 5.41 Å². The van der Waals surface area contributed by atoms with Gasteiger partial charge in [-0.25, -0.2) is 0 Å². The maximum atomic E-state index is 11.2. The molecule has 2 fully saturated rings. The van der Waals surface area contributed by atoms with Crippen LogP contribution in [0.3, 0.4) is 0 Å². The molecule has 68 valence electrons. The van der Waals surface area contributed by atoms with Crippen molar-refractivity contribution in [3.8, 4) is 0 Å². The van der Waals surface area contributed by atoms with E-state index in [1.807, 2.05) is 0 Å². The molecule has 1 heterocycles. The van der Waals surface area contributed by atoms with Crippen LogP contribution in [0.1, 0.15) is 19.3 Å². The van der Waals surface area contributed by atoms with E-state index >= 15 is 0 Å². The van der Waals surface area contributed by atoms with Crippen LogP contribution in [0.5, 0.6) is 0 Å². The second kappa shape index (κ2) is 2.20. The summed E-state index contributed by atoms with van der Waals surface area (Å²) in [5.74, 6) is -0.372. The second-order valence-corrected chi connectivity index (χ2v) is 3.92. The Bertz CT molecular complexity index is 225. The zero-order valence-corrected chi connectivity index (χ0v) is 7.01. The Morgan fingerprint density at radius 3 is 2.42 bits per heavy atom. The molecule has 0 radical (unpaired) electrons. The summed E-state index contributed by atoms with van der Waals surface area (Å²) in [4.78, 5) is 11.2. The molecule has 1 spiro atoms. The topological polar surface area (TPSA) is 78.3 Å².